The van der Waals surface area contributed by atoms with Gasteiger partial charge < -0.3 is 21.5 Å². The summed E-state index contributed by atoms with van der Waals surface area (Å²) >= 11 is 0. The molecule has 0 aliphatic heterocycles. The third kappa shape index (κ3) is 3.38. The van der Waals surface area contributed by atoms with Crippen LogP contribution in [0.4, 0.5) is 21.9 Å². The standard InChI is InChI=1S/C14H15N3O2/c1-9-5-6-12(15)13(7-9)17-14(19)16-10-3-2-4-11(18)8-10/h2-8,18H,15H2,1H3,(H2,16,17,19). The molecule has 0 unspecified atom stereocenters. The van der Waals surface area contributed by atoms with Gasteiger partial charge in [-0.15, -0.1) is 0 Å². The number of carbonyl (C=O) groups excluding carboxylic acids is 1. The minimum absolute atomic E-state index is 0.0906. The molecule has 0 spiro atoms. The summed E-state index contributed by atoms with van der Waals surface area (Å²) in [5.41, 5.74) is 8.33. The third-order valence-corrected chi connectivity index (χ3v) is 2.56. The number of aryl methyl sites for hydroxylation is 1. The first-order valence-corrected chi connectivity index (χ1v) is 5.78. The lowest BCUT2D eigenvalue weighted by molar-refractivity contribution is 0.262. The summed E-state index contributed by atoms with van der Waals surface area (Å²) in [7, 11) is 0. The Hall–Kier alpha value is -2.69. The predicted octanol–water partition coefficient (Wildman–Crippen LogP) is 2.93. The van der Waals surface area contributed by atoms with Crippen molar-refractivity contribution in [3.05, 3.63) is 48.0 Å². The van der Waals surface area contributed by atoms with Crippen LogP contribution in [0.2, 0.25) is 0 Å². The number of phenolic OH excluding ortho intramolecular Hbond substituents is 1. The van der Waals surface area contributed by atoms with Crippen molar-refractivity contribution in [1.82, 2.24) is 0 Å². The molecule has 0 radical (unpaired) electrons. The molecule has 5 heteroatoms. The van der Waals surface area contributed by atoms with E-state index in [4.69, 9.17) is 5.73 Å². The van der Waals surface area contributed by atoms with E-state index in [1.807, 2.05) is 13.0 Å². The van der Waals surface area contributed by atoms with Crippen molar-refractivity contribution in [2.45, 2.75) is 6.92 Å². The van der Waals surface area contributed by atoms with E-state index in [0.29, 0.717) is 17.1 Å². The summed E-state index contributed by atoms with van der Waals surface area (Å²) in [5, 5.41) is 14.6. The monoisotopic (exact) mass is 257 g/mol. The number of anilines is 3. The van der Waals surface area contributed by atoms with Gasteiger partial charge in [0, 0.05) is 11.8 Å². The van der Waals surface area contributed by atoms with Crippen LogP contribution in [-0.2, 0) is 0 Å². The lowest BCUT2D eigenvalue weighted by Crippen LogP contribution is -2.20. The molecule has 5 N–H and O–H groups in total. The Labute approximate surface area is 111 Å². The molecule has 0 aliphatic rings. The SMILES string of the molecule is Cc1ccc(N)c(NC(=O)Nc2cccc(O)c2)c1. The molecule has 0 bridgehead atoms. The maximum Gasteiger partial charge on any atom is 0.323 e. The molecule has 19 heavy (non-hydrogen) atoms. The Balaban J connectivity index is 2.07. The second kappa shape index (κ2) is 5.30. The van der Waals surface area contributed by atoms with Crippen LogP contribution in [0, 0.1) is 6.92 Å². The van der Waals surface area contributed by atoms with Crippen molar-refractivity contribution in [2.75, 3.05) is 16.4 Å². The van der Waals surface area contributed by atoms with Crippen molar-refractivity contribution in [3.8, 4) is 5.75 Å². The number of nitrogens with one attached hydrogen (secondary N) is 2. The predicted molar refractivity (Wildman–Crippen MR) is 76.3 cm³/mol. The Bertz CT molecular complexity index is 611. The Morgan fingerprint density at radius 2 is 1.95 bits per heavy atom. The minimum Gasteiger partial charge on any atom is -0.508 e. The fourth-order valence-electron chi connectivity index (χ4n) is 1.65. The number of hydrogen-bond donors (Lipinski definition) is 4. The van der Waals surface area contributed by atoms with Gasteiger partial charge in [-0.1, -0.05) is 12.1 Å². The summed E-state index contributed by atoms with van der Waals surface area (Å²) in [6.07, 6.45) is 0. The van der Waals surface area contributed by atoms with E-state index >= 15 is 0 Å². The summed E-state index contributed by atoms with van der Waals surface area (Å²) in [6, 6.07) is 11.3. The van der Waals surface area contributed by atoms with E-state index in [2.05, 4.69) is 10.6 Å². The van der Waals surface area contributed by atoms with Crippen molar-refractivity contribution < 1.29 is 9.90 Å². The molecule has 0 aromatic heterocycles. The van der Waals surface area contributed by atoms with E-state index in [0.717, 1.165) is 5.56 Å². The fraction of sp³-hybridized carbons (Fsp3) is 0.0714. The number of benzene rings is 2. The van der Waals surface area contributed by atoms with Crippen molar-refractivity contribution >= 4 is 23.1 Å². The molecule has 2 amide bonds. The van der Waals surface area contributed by atoms with Crippen molar-refractivity contribution in [2.24, 2.45) is 0 Å². The fourth-order valence-corrected chi connectivity index (χ4v) is 1.65. The number of urea groups is 1. The normalized spacial score (nSPS) is 9.95. The number of hydrogen-bond acceptors (Lipinski definition) is 3. The quantitative estimate of drug-likeness (QED) is 0.624. The van der Waals surface area contributed by atoms with Crippen LogP contribution in [-0.4, -0.2) is 11.1 Å². The molecule has 2 aromatic carbocycles. The van der Waals surface area contributed by atoms with Gasteiger partial charge in [-0.05, 0) is 36.8 Å². The number of rotatable bonds is 2. The molecule has 0 saturated heterocycles. The molecule has 0 heterocycles. The zero-order chi connectivity index (χ0) is 13.8. The van der Waals surface area contributed by atoms with E-state index in [1.54, 1.807) is 24.3 Å². The number of phenols is 1. The van der Waals surface area contributed by atoms with E-state index in [-0.39, 0.29) is 5.75 Å². The summed E-state index contributed by atoms with van der Waals surface area (Å²) in [4.78, 5) is 11.8. The van der Waals surface area contributed by atoms with Gasteiger partial charge in [0.25, 0.3) is 0 Å². The highest BCUT2D eigenvalue weighted by atomic mass is 16.3. The third-order valence-electron chi connectivity index (χ3n) is 2.56. The number of carbonyl (C=O) groups is 1. The number of nitrogen functional groups attached to an aromatic ring is 1. The maximum absolute atomic E-state index is 11.8. The van der Waals surface area contributed by atoms with Gasteiger partial charge in [-0.3, -0.25) is 0 Å². The van der Waals surface area contributed by atoms with Gasteiger partial charge in [-0.2, -0.15) is 0 Å². The van der Waals surface area contributed by atoms with Crippen LogP contribution in [0.5, 0.6) is 5.75 Å². The number of aromatic hydroxyl groups is 1. The van der Waals surface area contributed by atoms with Gasteiger partial charge in [0.15, 0.2) is 0 Å². The van der Waals surface area contributed by atoms with Crippen LogP contribution in [0.3, 0.4) is 0 Å². The first-order chi connectivity index (χ1) is 9.04. The Morgan fingerprint density at radius 1 is 1.16 bits per heavy atom. The smallest absolute Gasteiger partial charge is 0.323 e. The molecular formula is C14H15N3O2. The van der Waals surface area contributed by atoms with Crippen LogP contribution in [0.25, 0.3) is 0 Å². The summed E-state index contributed by atoms with van der Waals surface area (Å²) in [5.74, 6) is 0.0906. The largest absolute Gasteiger partial charge is 0.508 e. The average molecular weight is 257 g/mol. The van der Waals surface area contributed by atoms with E-state index in [1.165, 1.54) is 12.1 Å². The minimum atomic E-state index is -0.414. The van der Waals surface area contributed by atoms with Crippen molar-refractivity contribution in [1.29, 1.82) is 0 Å². The highest BCUT2D eigenvalue weighted by Gasteiger charge is 2.06. The number of nitrogens with two attached hydrogens (primary N) is 1. The van der Waals surface area contributed by atoms with Gasteiger partial charge in [0.2, 0.25) is 0 Å². The summed E-state index contributed by atoms with van der Waals surface area (Å²) in [6.45, 7) is 1.91. The first-order valence-electron chi connectivity index (χ1n) is 5.78. The van der Waals surface area contributed by atoms with Crippen LogP contribution < -0.4 is 16.4 Å². The van der Waals surface area contributed by atoms with E-state index in [9.17, 15) is 9.90 Å². The molecule has 0 saturated carbocycles. The van der Waals surface area contributed by atoms with Crippen LogP contribution in [0.15, 0.2) is 42.5 Å². The van der Waals surface area contributed by atoms with Crippen LogP contribution >= 0.6 is 0 Å². The van der Waals surface area contributed by atoms with Crippen LogP contribution in [0.1, 0.15) is 5.56 Å². The highest BCUT2D eigenvalue weighted by Crippen LogP contribution is 2.20. The summed E-state index contributed by atoms with van der Waals surface area (Å²) < 4.78 is 0. The maximum atomic E-state index is 11.8. The average Bonchev–Trinajstić information content (AvgIpc) is 2.34. The zero-order valence-electron chi connectivity index (χ0n) is 10.5. The first kappa shape index (κ1) is 12.8. The molecular weight excluding hydrogens is 242 g/mol. The molecule has 2 rings (SSSR count). The molecule has 98 valence electrons. The Morgan fingerprint density at radius 3 is 2.68 bits per heavy atom. The Kier molecular flexibility index (Phi) is 3.56. The van der Waals surface area contributed by atoms with Gasteiger partial charge in [-0.25, -0.2) is 4.79 Å². The molecule has 2 aromatic rings. The second-order valence-corrected chi connectivity index (χ2v) is 4.22. The zero-order valence-corrected chi connectivity index (χ0v) is 10.5. The molecule has 5 nitrogen and oxygen atoms in total. The highest BCUT2D eigenvalue weighted by molar-refractivity contribution is 6.01. The van der Waals surface area contributed by atoms with Gasteiger partial charge in [0.1, 0.15) is 5.75 Å². The van der Waals surface area contributed by atoms with Gasteiger partial charge >= 0.3 is 6.03 Å². The lowest BCUT2D eigenvalue weighted by Gasteiger charge is -2.10. The molecule has 0 aliphatic carbocycles. The second-order valence-electron chi connectivity index (χ2n) is 4.22. The topological polar surface area (TPSA) is 87.4 Å². The van der Waals surface area contributed by atoms with Gasteiger partial charge in [0.05, 0.1) is 11.4 Å². The molecule has 0 fully saturated rings. The molecule has 0 atom stereocenters. The van der Waals surface area contributed by atoms with Crippen molar-refractivity contribution in [3.63, 3.8) is 0 Å². The van der Waals surface area contributed by atoms with E-state index < -0.39 is 6.03 Å². The lowest BCUT2D eigenvalue weighted by atomic mass is 10.2. The number of amides is 2.